The van der Waals surface area contributed by atoms with Gasteiger partial charge in [-0.25, -0.2) is 0 Å². The van der Waals surface area contributed by atoms with Crippen molar-refractivity contribution < 1.29 is 4.79 Å². The summed E-state index contributed by atoms with van der Waals surface area (Å²) in [5.41, 5.74) is 4.75. The fourth-order valence-electron chi connectivity index (χ4n) is 4.41. The Morgan fingerprint density at radius 2 is 1.33 bits per heavy atom. The minimum absolute atomic E-state index is 0.0148. The highest BCUT2D eigenvalue weighted by atomic mass is 16.2. The second-order valence-electron chi connectivity index (χ2n) is 7.44. The second kappa shape index (κ2) is 6.46. The maximum absolute atomic E-state index is 13.5. The van der Waals surface area contributed by atoms with Crippen LogP contribution in [0.3, 0.4) is 0 Å². The fraction of sp³-hybridized carbons (Fsp3) is 0. The summed E-state index contributed by atoms with van der Waals surface area (Å²) in [6.45, 7) is 0. The van der Waals surface area contributed by atoms with Gasteiger partial charge in [0.05, 0.1) is 16.6 Å². The number of aromatic nitrogens is 2. The highest BCUT2D eigenvalue weighted by Crippen LogP contribution is 2.36. The van der Waals surface area contributed by atoms with E-state index in [-0.39, 0.29) is 5.91 Å². The van der Waals surface area contributed by atoms with Crippen LogP contribution in [0.5, 0.6) is 0 Å². The minimum atomic E-state index is -0.0148. The summed E-state index contributed by atoms with van der Waals surface area (Å²) < 4.78 is 4.06. The van der Waals surface area contributed by atoms with Gasteiger partial charge < -0.3 is 4.57 Å². The van der Waals surface area contributed by atoms with Gasteiger partial charge in [-0.2, -0.15) is 0 Å². The number of carbonyl (C=O) groups excluding carboxylic acids is 1. The van der Waals surface area contributed by atoms with E-state index in [9.17, 15) is 4.79 Å². The molecule has 4 aromatic carbocycles. The quantitative estimate of drug-likeness (QED) is 0.337. The Morgan fingerprint density at radius 1 is 0.633 bits per heavy atom. The first-order valence-corrected chi connectivity index (χ1v) is 10.0. The molecule has 3 nitrogen and oxygen atoms in total. The SMILES string of the molecule is O=C(c1ccccc1)n1c2ccccc2c2c3c(ccc21)ccn3-c1ccccc1. The van der Waals surface area contributed by atoms with Crippen molar-refractivity contribution in [3.05, 3.63) is 115 Å². The molecule has 30 heavy (non-hydrogen) atoms. The van der Waals surface area contributed by atoms with Crippen LogP contribution in [-0.4, -0.2) is 15.0 Å². The minimum Gasteiger partial charge on any atom is -0.316 e. The number of fused-ring (bicyclic) bond motifs is 5. The van der Waals surface area contributed by atoms with Crippen molar-refractivity contribution in [2.24, 2.45) is 0 Å². The normalized spacial score (nSPS) is 11.5. The Morgan fingerprint density at radius 3 is 2.13 bits per heavy atom. The molecule has 6 aromatic rings. The first-order valence-electron chi connectivity index (χ1n) is 10.0. The van der Waals surface area contributed by atoms with Crippen molar-refractivity contribution in [2.45, 2.75) is 0 Å². The topological polar surface area (TPSA) is 26.9 Å². The van der Waals surface area contributed by atoms with Crippen molar-refractivity contribution >= 4 is 38.6 Å². The molecule has 0 radical (unpaired) electrons. The van der Waals surface area contributed by atoms with Crippen LogP contribution >= 0.6 is 0 Å². The number of para-hydroxylation sites is 2. The molecular weight excluding hydrogens is 368 g/mol. The van der Waals surface area contributed by atoms with Gasteiger partial charge in [0.1, 0.15) is 0 Å². The molecule has 0 bridgehead atoms. The van der Waals surface area contributed by atoms with E-state index in [0.717, 1.165) is 38.4 Å². The third kappa shape index (κ3) is 2.36. The first-order chi connectivity index (χ1) is 14.8. The van der Waals surface area contributed by atoms with Gasteiger partial charge >= 0.3 is 0 Å². The molecule has 0 saturated heterocycles. The lowest BCUT2D eigenvalue weighted by Crippen LogP contribution is -2.11. The molecular formula is C27H18N2O. The van der Waals surface area contributed by atoms with Gasteiger partial charge in [-0.3, -0.25) is 9.36 Å². The van der Waals surface area contributed by atoms with Gasteiger partial charge in [-0.15, -0.1) is 0 Å². The van der Waals surface area contributed by atoms with Crippen molar-refractivity contribution in [3.8, 4) is 5.69 Å². The van der Waals surface area contributed by atoms with Crippen LogP contribution in [-0.2, 0) is 0 Å². The zero-order valence-electron chi connectivity index (χ0n) is 16.2. The predicted octanol–water partition coefficient (Wildman–Crippen LogP) is 6.43. The standard InChI is InChI=1S/C27H18N2O/c30-27(20-9-3-1-4-10-20)29-23-14-8-7-13-22(23)25-24(29)16-15-19-17-18-28(26(19)25)21-11-5-2-6-12-21/h1-18H. The van der Waals surface area contributed by atoms with Gasteiger partial charge in [0, 0.05) is 33.6 Å². The maximum atomic E-state index is 13.5. The van der Waals surface area contributed by atoms with E-state index >= 15 is 0 Å². The molecule has 0 saturated carbocycles. The summed E-state index contributed by atoms with van der Waals surface area (Å²) in [6, 6.07) is 34.2. The predicted molar refractivity (Wildman–Crippen MR) is 122 cm³/mol. The molecule has 0 fully saturated rings. The molecule has 0 aliphatic heterocycles. The van der Waals surface area contributed by atoms with Gasteiger partial charge in [-0.05, 0) is 42.5 Å². The molecule has 0 aliphatic rings. The highest BCUT2D eigenvalue weighted by molar-refractivity contribution is 6.24. The van der Waals surface area contributed by atoms with Gasteiger partial charge in [0.25, 0.3) is 5.91 Å². The summed E-state index contributed by atoms with van der Waals surface area (Å²) >= 11 is 0. The monoisotopic (exact) mass is 386 g/mol. The van der Waals surface area contributed by atoms with E-state index in [1.807, 2.05) is 71.3 Å². The largest absolute Gasteiger partial charge is 0.316 e. The van der Waals surface area contributed by atoms with Crippen LogP contribution in [0.2, 0.25) is 0 Å². The Labute approximate surface area is 173 Å². The van der Waals surface area contributed by atoms with Crippen LogP contribution in [0.15, 0.2) is 109 Å². The number of hydrogen-bond donors (Lipinski definition) is 0. The second-order valence-corrected chi connectivity index (χ2v) is 7.44. The number of carbonyl (C=O) groups is 1. The lowest BCUT2D eigenvalue weighted by atomic mass is 10.1. The average Bonchev–Trinajstić information content (AvgIpc) is 3.39. The maximum Gasteiger partial charge on any atom is 0.262 e. The number of hydrogen-bond acceptors (Lipinski definition) is 1. The molecule has 0 spiro atoms. The van der Waals surface area contributed by atoms with Crippen molar-refractivity contribution in [1.29, 1.82) is 0 Å². The van der Waals surface area contributed by atoms with E-state index in [0.29, 0.717) is 5.56 Å². The molecule has 2 heterocycles. The van der Waals surface area contributed by atoms with Crippen molar-refractivity contribution in [3.63, 3.8) is 0 Å². The molecule has 0 N–H and O–H groups in total. The first kappa shape index (κ1) is 16.8. The van der Waals surface area contributed by atoms with E-state index in [1.165, 1.54) is 0 Å². The molecule has 6 rings (SSSR count). The van der Waals surface area contributed by atoms with E-state index in [4.69, 9.17) is 0 Å². The Bertz CT molecular complexity index is 1540. The van der Waals surface area contributed by atoms with Crippen LogP contribution in [0.4, 0.5) is 0 Å². The lowest BCUT2D eigenvalue weighted by molar-refractivity contribution is 0.0969. The molecule has 0 atom stereocenters. The summed E-state index contributed by atoms with van der Waals surface area (Å²) in [5, 5.41) is 3.33. The van der Waals surface area contributed by atoms with E-state index in [2.05, 4.69) is 47.2 Å². The zero-order valence-corrected chi connectivity index (χ0v) is 16.2. The molecule has 3 heteroatoms. The molecule has 0 aliphatic carbocycles. The van der Waals surface area contributed by atoms with Crippen molar-refractivity contribution in [1.82, 2.24) is 9.13 Å². The van der Waals surface area contributed by atoms with Gasteiger partial charge in [-0.1, -0.05) is 60.7 Å². The van der Waals surface area contributed by atoms with E-state index < -0.39 is 0 Å². The van der Waals surface area contributed by atoms with Crippen molar-refractivity contribution in [2.75, 3.05) is 0 Å². The van der Waals surface area contributed by atoms with Gasteiger partial charge in [0.2, 0.25) is 0 Å². The lowest BCUT2D eigenvalue weighted by Gasteiger charge is -2.08. The summed E-state index contributed by atoms with van der Waals surface area (Å²) in [6.07, 6.45) is 2.10. The fourth-order valence-corrected chi connectivity index (χ4v) is 4.41. The third-order valence-electron chi connectivity index (χ3n) is 5.74. The van der Waals surface area contributed by atoms with Crippen LogP contribution in [0.25, 0.3) is 38.4 Å². The number of benzene rings is 4. The summed E-state index contributed by atoms with van der Waals surface area (Å²) in [7, 11) is 0. The smallest absolute Gasteiger partial charge is 0.262 e. The number of rotatable bonds is 2. The van der Waals surface area contributed by atoms with E-state index in [1.54, 1.807) is 0 Å². The summed E-state index contributed by atoms with van der Waals surface area (Å²) in [4.78, 5) is 13.5. The summed E-state index contributed by atoms with van der Waals surface area (Å²) in [5.74, 6) is -0.0148. The third-order valence-corrected chi connectivity index (χ3v) is 5.74. The van der Waals surface area contributed by atoms with Crippen LogP contribution < -0.4 is 0 Å². The molecule has 0 unspecified atom stereocenters. The highest BCUT2D eigenvalue weighted by Gasteiger charge is 2.20. The van der Waals surface area contributed by atoms with Crippen LogP contribution in [0.1, 0.15) is 10.4 Å². The Hall–Kier alpha value is -4.11. The molecule has 0 amide bonds. The zero-order chi connectivity index (χ0) is 20.1. The average molecular weight is 386 g/mol. The molecule has 2 aromatic heterocycles. The Balaban J connectivity index is 1.76. The Kier molecular flexibility index (Phi) is 3.62. The molecule has 142 valence electrons. The number of nitrogens with zero attached hydrogens (tertiary/aromatic N) is 2. The van der Waals surface area contributed by atoms with Gasteiger partial charge in [0.15, 0.2) is 0 Å². The van der Waals surface area contributed by atoms with Crippen LogP contribution in [0, 0.1) is 0 Å².